The zero-order valence-corrected chi connectivity index (χ0v) is 12.6. The van der Waals surface area contributed by atoms with Crippen LogP contribution >= 0.6 is 0 Å². The third-order valence-electron chi connectivity index (χ3n) is 3.55. The highest BCUT2D eigenvalue weighted by atomic mass is 16.4. The van der Waals surface area contributed by atoms with E-state index >= 15 is 0 Å². The first-order valence-electron chi connectivity index (χ1n) is 6.86. The number of carboxylic acid groups (broad SMARTS) is 1. The molecule has 2 N–H and O–H groups in total. The monoisotopic (exact) mass is 289 g/mol. The molecule has 0 bridgehead atoms. The van der Waals surface area contributed by atoms with Crippen LogP contribution in [-0.2, 0) is 13.0 Å². The number of likely N-dealkylation sites (N-methyl/N-ethyl adjacent to an activating group) is 1. The fraction of sp³-hybridized carbons (Fsp3) is 0.400. The standard InChI is InChI=1S/C15H20N4O2/c1-11-12(10-17-19(11)7-6-18(2)3)8-13-9-16-5-4-14(13)15(20)21/h4-5,9-10H,6-8H2,1-3H3,(H,20,21)/p+1. The Morgan fingerprint density at radius 2 is 2.19 bits per heavy atom. The molecular weight excluding hydrogens is 268 g/mol. The summed E-state index contributed by atoms with van der Waals surface area (Å²) in [4.78, 5) is 17.4. The van der Waals surface area contributed by atoms with Gasteiger partial charge in [0.05, 0.1) is 18.3 Å². The van der Waals surface area contributed by atoms with Crippen LogP contribution in [0, 0.1) is 6.92 Å². The van der Waals surface area contributed by atoms with Crippen molar-refractivity contribution in [3.63, 3.8) is 0 Å². The van der Waals surface area contributed by atoms with E-state index in [-0.39, 0.29) is 0 Å². The van der Waals surface area contributed by atoms with Gasteiger partial charge in [-0.15, -0.1) is 4.68 Å². The number of carboxylic acids is 1. The molecule has 0 saturated heterocycles. The van der Waals surface area contributed by atoms with Crippen molar-refractivity contribution >= 4 is 5.97 Å². The molecule has 0 aliphatic carbocycles. The zero-order chi connectivity index (χ0) is 15.4. The summed E-state index contributed by atoms with van der Waals surface area (Å²) >= 11 is 0. The molecule has 112 valence electrons. The van der Waals surface area contributed by atoms with Gasteiger partial charge >= 0.3 is 5.97 Å². The molecule has 0 aliphatic rings. The Balaban J connectivity index is 2.19. The number of carbonyl (C=O) groups is 1. The summed E-state index contributed by atoms with van der Waals surface area (Å²) in [5.74, 6) is -0.916. The lowest BCUT2D eigenvalue weighted by molar-refractivity contribution is -0.754. The third-order valence-corrected chi connectivity index (χ3v) is 3.55. The van der Waals surface area contributed by atoms with E-state index < -0.39 is 5.97 Å². The van der Waals surface area contributed by atoms with Gasteiger partial charge in [0.25, 0.3) is 0 Å². The van der Waals surface area contributed by atoms with E-state index in [1.165, 1.54) is 6.20 Å². The van der Waals surface area contributed by atoms with Gasteiger partial charge in [-0.3, -0.25) is 4.98 Å². The highest BCUT2D eigenvalue weighted by molar-refractivity contribution is 5.89. The van der Waals surface area contributed by atoms with Crippen LogP contribution in [0.5, 0.6) is 0 Å². The Morgan fingerprint density at radius 1 is 1.43 bits per heavy atom. The van der Waals surface area contributed by atoms with Crippen LogP contribution < -0.4 is 4.68 Å². The average Bonchev–Trinajstić information content (AvgIpc) is 2.78. The lowest BCUT2D eigenvalue weighted by Crippen LogP contribution is -2.42. The Morgan fingerprint density at radius 3 is 2.86 bits per heavy atom. The molecule has 2 aromatic heterocycles. The second kappa shape index (κ2) is 6.49. The van der Waals surface area contributed by atoms with Gasteiger partial charge in [-0.25, -0.2) is 4.79 Å². The summed E-state index contributed by atoms with van der Waals surface area (Å²) in [6.07, 6.45) is 5.63. The van der Waals surface area contributed by atoms with Crippen molar-refractivity contribution in [3.05, 3.63) is 47.0 Å². The van der Waals surface area contributed by atoms with Gasteiger partial charge in [0.1, 0.15) is 0 Å². The molecule has 0 saturated carbocycles. The van der Waals surface area contributed by atoms with Crippen molar-refractivity contribution in [2.75, 3.05) is 20.6 Å². The zero-order valence-electron chi connectivity index (χ0n) is 12.6. The first-order valence-corrected chi connectivity index (χ1v) is 6.86. The third kappa shape index (κ3) is 3.66. The van der Waals surface area contributed by atoms with Gasteiger partial charge in [-0.05, 0) is 25.7 Å². The van der Waals surface area contributed by atoms with Crippen LogP contribution in [0.15, 0.2) is 24.7 Å². The molecule has 0 aromatic carbocycles. The Hall–Kier alpha value is -2.21. The molecule has 6 heteroatoms. The summed E-state index contributed by atoms with van der Waals surface area (Å²) in [5, 5.41) is 12.4. The van der Waals surface area contributed by atoms with E-state index in [0.717, 1.165) is 29.9 Å². The van der Waals surface area contributed by atoms with Crippen LogP contribution in [0.1, 0.15) is 27.2 Å². The van der Waals surface area contributed by atoms with Crippen LogP contribution in [0.25, 0.3) is 0 Å². The average molecular weight is 289 g/mol. The fourth-order valence-corrected chi connectivity index (χ4v) is 2.22. The number of hydrogen-bond donors (Lipinski definition) is 2. The van der Waals surface area contributed by atoms with E-state index in [2.05, 4.69) is 19.7 Å². The summed E-state index contributed by atoms with van der Waals surface area (Å²) in [7, 11) is 4.07. The number of nitrogens with one attached hydrogen (secondary N) is 1. The van der Waals surface area contributed by atoms with Crippen LogP contribution in [0.2, 0.25) is 0 Å². The summed E-state index contributed by atoms with van der Waals surface area (Å²) in [6.45, 7) is 3.86. The number of nitrogens with zero attached hydrogens (tertiary/aromatic N) is 3. The van der Waals surface area contributed by atoms with Gasteiger partial charge in [0, 0.05) is 31.3 Å². The molecule has 0 fully saturated rings. The molecule has 0 atom stereocenters. The van der Waals surface area contributed by atoms with E-state index in [0.29, 0.717) is 12.0 Å². The Kier molecular flexibility index (Phi) is 4.70. The van der Waals surface area contributed by atoms with Crippen molar-refractivity contribution in [1.29, 1.82) is 0 Å². The van der Waals surface area contributed by atoms with Gasteiger partial charge in [0.2, 0.25) is 5.69 Å². The van der Waals surface area contributed by atoms with Crippen molar-refractivity contribution < 1.29 is 14.6 Å². The van der Waals surface area contributed by atoms with Gasteiger partial charge in [0.15, 0.2) is 6.54 Å². The predicted molar refractivity (Wildman–Crippen MR) is 78.3 cm³/mol. The number of aromatic nitrogens is 3. The second-order valence-electron chi connectivity index (χ2n) is 5.35. The normalized spacial score (nSPS) is 11.0. The maximum Gasteiger partial charge on any atom is 0.336 e. The van der Waals surface area contributed by atoms with E-state index in [9.17, 15) is 9.90 Å². The first kappa shape index (κ1) is 15.2. The molecular formula is C15H21N4O2+. The fourth-order valence-electron chi connectivity index (χ4n) is 2.22. The number of hydrogen-bond acceptors (Lipinski definition) is 3. The topological polar surface area (TPSA) is 73.1 Å². The van der Waals surface area contributed by atoms with Crippen molar-refractivity contribution in [2.24, 2.45) is 0 Å². The molecule has 2 rings (SSSR count). The van der Waals surface area contributed by atoms with E-state index in [1.807, 2.05) is 27.2 Å². The number of aromatic carboxylic acids is 1. The highest BCUT2D eigenvalue weighted by Gasteiger charge is 2.18. The van der Waals surface area contributed by atoms with Crippen LogP contribution in [0.3, 0.4) is 0 Å². The number of H-pyrrole nitrogens is 1. The minimum absolute atomic E-state index is 0.311. The molecule has 2 aromatic rings. The van der Waals surface area contributed by atoms with E-state index in [4.69, 9.17) is 0 Å². The van der Waals surface area contributed by atoms with Crippen molar-refractivity contribution in [2.45, 2.75) is 19.9 Å². The summed E-state index contributed by atoms with van der Waals surface area (Å²) in [5.41, 5.74) is 3.25. The van der Waals surface area contributed by atoms with Gasteiger partial charge < -0.3 is 10.0 Å². The molecule has 0 spiro atoms. The molecule has 2 heterocycles. The second-order valence-corrected chi connectivity index (χ2v) is 5.35. The van der Waals surface area contributed by atoms with E-state index in [1.54, 1.807) is 12.3 Å². The number of rotatable bonds is 6. The van der Waals surface area contributed by atoms with Gasteiger partial charge in [-0.1, -0.05) is 0 Å². The number of pyridine rings is 1. The minimum atomic E-state index is -0.916. The molecule has 0 amide bonds. The quantitative estimate of drug-likeness (QED) is 0.774. The summed E-state index contributed by atoms with van der Waals surface area (Å²) in [6, 6.07) is 1.54. The first-order chi connectivity index (χ1) is 9.99. The minimum Gasteiger partial charge on any atom is -0.478 e. The molecule has 6 nitrogen and oxygen atoms in total. The molecule has 21 heavy (non-hydrogen) atoms. The molecule has 0 unspecified atom stereocenters. The molecule has 0 aliphatic heterocycles. The van der Waals surface area contributed by atoms with Crippen molar-refractivity contribution in [3.8, 4) is 0 Å². The Labute approximate surface area is 124 Å². The van der Waals surface area contributed by atoms with Gasteiger partial charge in [-0.2, -0.15) is 5.10 Å². The Bertz CT molecular complexity index is 634. The maximum absolute atomic E-state index is 11.2. The number of aromatic amines is 1. The largest absolute Gasteiger partial charge is 0.478 e. The smallest absolute Gasteiger partial charge is 0.336 e. The summed E-state index contributed by atoms with van der Waals surface area (Å²) < 4.78 is 2.08. The van der Waals surface area contributed by atoms with Crippen LogP contribution in [0.4, 0.5) is 0 Å². The lowest BCUT2D eigenvalue weighted by Gasteiger charge is -2.05. The SMILES string of the molecule is Cc1c(Cc2cnccc2C(=O)O)c[nH][n+]1CCN(C)C. The van der Waals surface area contributed by atoms with Crippen molar-refractivity contribution in [1.82, 2.24) is 15.0 Å². The maximum atomic E-state index is 11.2. The predicted octanol–water partition coefficient (Wildman–Crippen LogP) is 0.856. The lowest BCUT2D eigenvalue weighted by atomic mass is 10.0. The van der Waals surface area contributed by atoms with Crippen LogP contribution in [-0.4, -0.2) is 46.7 Å². The highest BCUT2D eigenvalue weighted by Crippen LogP contribution is 2.14. The molecule has 0 radical (unpaired) electrons.